The average molecular weight is 521 g/mol. The summed E-state index contributed by atoms with van der Waals surface area (Å²) < 4.78 is 18.9. The number of aliphatic hydroxyl groups is 2. The van der Waals surface area contributed by atoms with Crippen molar-refractivity contribution in [3.63, 3.8) is 0 Å². The third kappa shape index (κ3) is 3.51. The van der Waals surface area contributed by atoms with Gasteiger partial charge in [0.2, 0.25) is 0 Å². The molecule has 1 unspecified atom stereocenters. The van der Waals surface area contributed by atoms with Crippen molar-refractivity contribution in [2.75, 3.05) is 46.4 Å². The van der Waals surface area contributed by atoms with Crippen molar-refractivity contribution in [3.8, 4) is 22.9 Å². The van der Waals surface area contributed by atoms with Gasteiger partial charge >= 0.3 is 0 Å². The molecule has 10 nitrogen and oxygen atoms in total. The summed E-state index contributed by atoms with van der Waals surface area (Å²) in [5, 5.41) is 22.8. The molecule has 2 N–H and O–H groups in total. The molecular weight excluding hydrogens is 488 g/mol. The second-order valence-electron chi connectivity index (χ2n) is 10.8. The van der Waals surface area contributed by atoms with Crippen molar-refractivity contribution < 1.29 is 24.4 Å². The van der Waals surface area contributed by atoms with Gasteiger partial charge in [0.15, 0.2) is 17.8 Å². The normalized spacial score (nSPS) is 24.8. The van der Waals surface area contributed by atoms with Crippen LogP contribution in [0.1, 0.15) is 35.6 Å². The fourth-order valence-corrected chi connectivity index (χ4v) is 6.22. The molecule has 7 rings (SSSR count). The Balaban J connectivity index is 1.44. The predicted molar refractivity (Wildman–Crippen MR) is 139 cm³/mol. The molecule has 2 atom stereocenters. The molecule has 1 saturated heterocycles. The molecule has 6 heterocycles. The zero-order valence-electron chi connectivity index (χ0n) is 21.7. The van der Waals surface area contributed by atoms with Crippen LogP contribution in [0.3, 0.4) is 0 Å². The van der Waals surface area contributed by atoms with Crippen molar-refractivity contribution in [3.05, 3.63) is 50.8 Å². The Morgan fingerprint density at radius 3 is 2.55 bits per heavy atom. The minimum atomic E-state index is -1.66. The third-order valence-electron chi connectivity index (χ3n) is 8.60. The fraction of sp³-hybridized carbons (Fsp3) is 0.500. The summed E-state index contributed by atoms with van der Waals surface area (Å²) in [5.74, 6) is 1.38. The molecule has 0 radical (unpaired) electrons. The number of benzene rings is 1. The van der Waals surface area contributed by atoms with Gasteiger partial charge < -0.3 is 33.9 Å². The SMILES string of the molecule is CC[C@]1(O)c2cc3n(c(=O)c2COC1O)Cc1c-3nc2cc3c(cc2c1CN1CCN(C)CC1)OCCO3. The Hall–Kier alpha value is -3.02. The zero-order valence-corrected chi connectivity index (χ0v) is 21.7. The number of hydrogen-bond acceptors (Lipinski definition) is 9. The summed E-state index contributed by atoms with van der Waals surface area (Å²) >= 11 is 0. The Bertz CT molecular complexity index is 1510. The van der Waals surface area contributed by atoms with Crippen LogP contribution in [0.15, 0.2) is 23.0 Å². The van der Waals surface area contributed by atoms with Crippen molar-refractivity contribution in [2.45, 2.75) is 44.9 Å². The number of likely N-dealkylation sites (N-methyl/N-ethyl adjacent to an activating group) is 1. The van der Waals surface area contributed by atoms with Crippen LogP contribution in [0.5, 0.6) is 11.5 Å². The number of nitrogens with zero attached hydrogens (tertiary/aromatic N) is 4. The Labute approximate surface area is 220 Å². The van der Waals surface area contributed by atoms with E-state index in [9.17, 15) is 15.0 Å². The van der Waals surface area contributed by atoms with Crippen LogP contribution in [-0.2, 0) is 30.0 Å². The van der Waals surface area contributed by atoms with Crippen molar-refractivity contribution in [1.29, 1.82) is 0 Å². The molecule has 2 aromatic heterocycles. The number of rotatable bonds is 3. The summed E-state index contributed by atoms with van der Waals surface area (Å²) in [6, 6.07) is 5.78. The monoisotopic (exact) mass is 520 g/mol. The van der Waals surface area contributed by atoms with Gasteiger partial charge in [-0.3, -0.25) is 9.69 Å². The van der Waals surface area contributed by atoms with E-state index in [2.05, 4.69) is 16.8 Å². The second kappa shape index (κ2) is 8.75. The molecule has 1 aromatic carbocycles. The first-order valence-electron chi connectivity index (χ1n) is 13.3. The second-order valence-corrected chi connectivity index (χ2v) is 10.8. The van der Waals surface area contributed by atoms with E-state index in [4.69, 9.17) is 19.2 Å². The number of hydrogen-bond donors (Lipinski definition) is 2. The van der Waals surface area contributed by atoms with Crippen LogP contribution in [0.25, 0.3) is 22.3 Å². The van der Waals surface area contributed by atoms with Gasteiger partial charge in [0, 0.05) is 60.9 Å². The van der Waals surface area contributed by atoms with Gasteiger partial charge in [-0.15, -0.1) is 0 Å². The highest BCUT2D eigenvalue weighted by atomic mass is 16.6. The first kappa shape index (κ1) is 24.1. The maximum atomic E-state index is 13.7. The molecule has 0 spiro atoms. The third-order valence-corrected chi connectivity index (χ3v) is 8.60. The first-order valence-corrected chi connectivity index (χ1v) is 13.3. The van der Waals surface area contributed by atoms with E-state index >= 15 is 0 Å². The van der Waals surface area contributed by atoms with Crippen LogP contribution in [-0.4, -0.2) is 82.3 Å². The Morgan fingerprint density at radius 1 is 1.08 bits per heavy atom. The zero-order chi connectivity index (χ0) is 26.2. The van der Waals surface area contributed by atoms with Crippen LogP contribution in [0, 0.1) is 0 Å². The van der Waals surface area contributed by atoms with Gasteiger partial charge in [0.25, 0.3) is 5.56 Å². The molecule has 200 valence electrons. The summed E-state index contributed by atoms with van der Waals surface area (Å²) in [4.78, 5) is 23.6. The molecule has 1 fully saturated rings. The van der Waals surface area contributed by atoms with E-state index in [-0.39, 0.29) is 18.6 Å². The number of fused-ring (bicyclic) bond motifs is 6. The Morgan fingerprint density at radius 2 is 1.82 bits per heavy atom. The van der Waals surface area contributed by atoms with Crippen LogP contribution in [0.2, 0.25) is 0 Å². The maximum absolute atomic E-state index is 13.7. The minimum absolute atomic E-state index is 0.0424. The summed E-state index contributed by atoms with van der Waals surface area (Å²) in [5.41, 5.74) is 3.25. The number of aromatic nitrogens is 2. The minimum Gasteiger partial charge on any atom is -0.486 e. The van der Waals surface area contributed by atoms with Crippen molar-refractivity contribution in [1.82, 2.24) is 19.4 Å². The molecule has 3 aromatic rings. The van der Waals surface area contributed by atoms with Gasteiger partial charge in [-0.2, -0.15) is 0 Å². The van der Waals surface area contributed by atoms with Crippen LogP contribution < -0.4 is 15.0 Å². The van der Waals surface area contributed by atoms with Gasteiger partial charge in [0.05, 0.1) is 30.1 Å². The molecule has 4 aliphatic rings. The summed E-state index contributed by atoms with van der Waals surface area (Å²) in [6.45, 7) is 7.77. The van der Waals surface area contributed by atoms with E-state index in [1.165, 1.54) is 0 Å². The average Bonchev–Trinajstić information content (AvgIpc) is 3.30. The van der Waals surface area contributed by atoms with E-state index in [0.717, 1.165) is 60.4 Å². The van der Waals surface area contributed by atoms with Crippen LogP contribution in [0.4, 0.5) is 0 Å². The number of pyridine rings is 2. The van der Waals surface area contributed by atoms with Crippen LogP contribution >= 0.6 is 0 Å². The van der Waals surface area contributed by atoms with Crippen molar-refractivity contribution in [2.24, 2.45) is 0 Å². The number of piperazine rings is 1. The predicted octanol–water partition coefficient (Wildman–Crippen LogP) is 1.39. The summed E-state index contributed by atoms with van der Waals surface area (Å²) in [6.07, 6.45) is -1.19. The van der Waals surface area contributed by atoms with E-state index < -0.39 is 11.9 Å². The largest absolute Gasteiger partial charge is 0.486 e. The lowest BCUT2D eigenvalue weighted by atomic mass is 9.85. The topological polar surface area (TPSA) is 110 Å². The quantitative estimate of drug-likeness (QED) is 0.414. The summed E-state index contributed by atoms with van der Waals surface area (Å²) in [7, 11) is 2.14. The fourth-order valence-electron chi connectivity index (χ4n) is 6.22. The van der Waals surface area contributed by atoms with Gasteiger partial charge in [-0.25, -0.2) is 4.98 Å². The smallest absolute Gasteiger partial charge is 0.257 e. The molecule has 0 saturated carbocycles. The first-order chi connectivity index (χ1) is 18.4. The van der Waals surface area contributed by atoms with E-state index in [1.54, 1.807) is 11.5 Å². The molecule has 4 aliphatic heterocycles. The molecule has 38 heavy (non-hydrogen) atoms. The molecule has 0 bridgehead atoms. The number of ether oxygens (including phenoxy) is 3. The molecular formula is C28H32N4O6. The lowest BCUT2D eigenvalue weighted by Crippen LogP contribution is -2.47. The highest BCUT2D eigenvalue weighted by Gasteiger charge is 2.44. The van der Waals surface area contributed by atoms with Crippen molar-refractivity contribution >= 4 is 10.9 Å². The maximum Gasteiger partial charge on any atom is 0.257 e. The van der Waals surface area contributed by atoms with Gasteiger partial charge in [-0.05, 0) is 31.2 Å². The van der Waals surface area contributed by atoms with Gasteiger partial charge in [0.1, 0.15) is 18.8 Å². The van der Waals surface area contributed by atoms with Gasteiger partial charge in [-0.1, -0.05) is 6.92 Å². The molecule has 0 aliphatic carbocycles. The standard InChI is InChI=1S/C28H32N4O6/c1-3-28(35)20-11-22-25-18(14-32(22)26(33)19(20)15-38-27(28)34)17(13-31-6-4-30(2)5-7-31)16-10-23-24(12-21(16)29-25)37-9-8-36-23/h10-12,27,34-35H,3-9,13-15H2,1-2H3/t27?,28-/m0/s1. The Kier molecular flexibility index (Phi) is 5.54. The highest BCUT2D eigenvalue weighted by molar-refractivity contribution is 5.90. The number of aliphatic hydroxyl groups excluding tert-OH is 1. The van der Waals surface area contributed by atoms with E-state index in [0.29, 0.717) is 48.1 Å². The lowest BCUT2D eigenvalue weighted by molar-refractivity contribution is -0.236. The molecule has 0 amide bonds. The van der Waals surface area contributed by atoms with E-state index in [1.807, 2.05) is 18.2 Å². The highest BCUT2D eigenvalue weighted by Crippen LogP contribution is 2.43. The molecule has 10 heteroatoms. The lowest BCUT2D eigenvalue weighted by Gasteiger charge is -2.37.